The van der Waals surface area contributed by atoms with Crippen LogP contribution in [-0.4, -0.2) is 31.3 Å². The SMILES string of the molecule is COC(=O)C1=C(C)NC(=S)N[C@H]1c1ccc(N2CCCCCC2)cc1. The number of hydrogen-bond acceptors (Lipinski definition) is 4. The van der Waals surface area contributed by atoms with Crippen molar-refractivity contribution in [3.05, 3.63) is 41.1 Å². The van der Waals surface area contributed by atoms with Gasteiger partial charge in [-0.1, -0.05) is 25.0 Å². The first-order valence-corrected chi connectivity index (χ1v) is 9.22. The van der Waals surface area contributed by atoms with Crippen LogP contribution < -0.4 is 15.5 Å². The minimum atomic E-state index is -0.346. The summed E-state index contributed by atoms with van der Waals surface area (Å²) in [6.07, 6.45) is 5.13. The summed E-state index contributed by atoms with van der Waals surface area (Å²) in [6, 6.07) is 8.12. The van der Waals surface area contributed by atoms with Crippen LogP contribution in [0.4, 0.5) is 5.69 Å². The Kier molecular flexibility index (Phi) is 5.58. The summed E-state index contributed by atoms with van der Waals surface area (Å²) < 4.78 is 4.95. The summed E-state index contributed by atoms with van der Waals surface area (Å²) >= 11 is 5.26. The molecule has 0 radical (unpaired) electrons. The second-order valence-electron chi connectivity index (χ2n) is 6.55. The van der Waals surface area contributed by atoms with Crippen LogP contribution >= 0.6 is 12.2 Å². The maximum absolute atomic E-state index is 12.2. The van der Waals surface area contributed by atoms with Crippen molar-refractivity contribution in [1.82, 2.24) is 10.6 Å². The van der Waals surface area contributed by atoms with Crippen molar-refractivity contribution in [1.29, 1.82) is 0 Å². The fourth-order valence-corrected chi connectivity index (χ4v) is 3.80. The van der Waals surface area contributed by atoms with Gasteiger partial charge in [-0.15, -0.1) is 0 Å². The van der Waals surface area contributed by atoms with Gasteiger partial charge in [-0.2, -0.15) is 0 Å². The van der Waals surface area contributed by atoms with E-state index in [0.29, 0.717) is 10.7 Å². The highest BCUT2D eigenvalue weighted by atomic mass is 32.1. The molecule has 1 atom stereocenters. The quantitative estimate of drug-likeness (QED) is 0.639. The normalized spacial score (nSPS) is 21.3. The highest BCUT2D eigenvalue weighted by Gasteiger charge is 2.30. The lowest BCUT2D eigenvalue weighted by Crippen LogP contribution is -2.45. The van der Waals surface area contributed by atoms with E-state index in [1.807, 2.05) is 6.92 Å². The van der Waals surface area contributed by atoms with E-state index in [-0.39, 0.29) is 12.0 Å². The monoisotopic (exact) mass is 359 g/mol. The van der Waals surface area contributed by atoms with Crippen LogP contribution in [0.25, 0.3) is 0 Å². The Balaban J connectivity index is 1.85. The van der Waals surface area contributed by atoms with E-state index >= 15 is 0 Å². The van der Waals surface area contributed by atoms with Crippen LogP contribution in [0.5, 0.6) is 0 Å². The first kappa shape index (κ1) is 17.7. The summed E-state index contributed by atoms with van der Waals surface area (Å²) in [5.74, 6) is -0.346. The third-order valence-corrected chi connectivity index (χ3v) is 5.09. The van der Waals surface area contributed by atoms with Crippen molar-refractivity contribution in [3.8, 4) is 0 Å². The lowest BCUT2D eigenvalue weighted by atomic mass is 9.95. The van der Waals surface area contributed by atoms with Crippen LogP contribution in [0.15, 0.2) is 35.5 Å². The molecular formula is C19H25N3O2S. The topological polar surface area (TPSA) is 53.6 Å². The standard InChI is InChI=1S/C19H25N3O2S/c1-13-16(18(23)24-2)17(21-19(25)20-13)14-7-9-15(10-8-14)22-11-5-3-4-6-12-22/h7-10,17H,3-6,11-12H2,1-2H3,(H2,20,21,25)/t17-/m0/s1. The van der Waals surface area contributed by atoms with Gasteiger partial charge in [-0.25, -0.2) is 4.79 Å². The molecule has 6 heteroatoms. The molecule has 1 aromatic rings. The second-order valence-corrected chi connectivity index (χ2v) is 6.96. The van der Waals surface area contributed by atoms with Crippen molar-refractivity contribution in [3.63, 3.8) is 0 Å². The molecule has 0 saturated carbocycles. The number of allylic oxidation sites excluding steroid dienone is 1. The molecule has 0 unspecified atom stereocenters. The number of rotatable bonds is 3. The summed E-state index contributed by atoms with van der Waals surface area (Å²) in [6.45, 7) is 4.07. The first-order valence-electron chi connectivity index (χ1n) is 8.81. The number of anilines is 1. The number of thiocarbonyl (C=S) groups is 1. The Bertz CT molecular complexity index is 676. The molecule has 0 aliphatic carbocycles. The van der Waals surface area contributed by atoms with Crippen molar-refractivity contribution in [2.45, 2.75) is 38.6 Å². The summed E-state index contributed by atoms with van der Waals surface area (Å²) in [5.41, 5.74) is 3.54. The molecule has 0 bridgehead atoms. The average Bonchev–Trinajstić information content (AvgIpc) is 2.90. The predicted octanol–water partition coefficient (Wildman–Crippen LogP) is 3.03. The smallest absolute Gasteiger partial charge is 0.337 e. The second kappa shape index (κ2) is 7.87. The average molecular weight is 359 g/mol. The molecule has 5 nitrogen and oxygen atoms in total. The van der Waals surface area contributed by atoms with Gasteiger partial charge in [0.2, 0.25) is 0 Å². The lowest BCUT2D eigenvalue weighted by molar-refractivity contribution is -0.136. The minimum Gasteiger partial charge on any atom is -0.466 e. The van der Waals surface area contributed by atoms with Gasteiger partial charge in [0.05, 0.1) is 18.7 Å². The molecule has 2 aliphatic heterocycles. The van der Waals surface area contributed by atoms with Crippen molar-refractivity contribution in [2.75, 3.05) is 25.1 Å². The molecule has 0 aromatic heterocycles. The molecule has 134 valence electrons. The van der Waals surface area contributed by atoms with Gasteiger partial charge in [0.1, 0.15) is 0 Å². The maximum atomic E-state index is 12.2. The maximum Gasteiger partial charge on any atom is 0.337 e. The lowest BCUT2D eigenvalue weighted by Gasteiger charge is -2.30. The van der Waals surface area contributed by atoms with Crippen LogP contribution in [0, 0.1) is 0 Å². The van der Waals surface area contributed by atoms with Crippen molar-refractivity contribution >= 4 is 29.0 Å². The molecule has 2 N–H and O–H groups in total. The molecule has 25 heavy (non-hydrogen) atoms. The summed E-state index contributed by atoms with van der Waals surface area (Å²) in [4.78, 5) is 14.7. The zero-order valence-corrected chi connectivity index (χ0v) is 15.6. The van der Waals surface area contributed by atoms with E-state index in [0.717, 1.165) is 24.4 Å². The number of carbonyl (C=O) groups is 1. The van der Waals surface area contributed by atoms with E-state index in [1.165, 1.54) is 38.5 Å². The number of nitrogens with zero attached hydrogens (tertiary/aromatic N) is 1. The van der Waals surface area contributed by atoms with E-state index in [4.69, 9.17) is 17.0 Å². The molecule has 0 spiro atoms. The number of esters is 1. The number of ether oxygens (including phenoxy) is 1. The van der Waals surface area contributed by atoms with Crippen LogP contribution in [0.1, 0.15) is 44.2 Å². The molecule has 1 aromatic carbocycles. The van der Waals surface area contributed by atoms with Crippen LogP contribution in [-0.2, 0) is 9.53 Å². The van der Waals surface area contributed by atoms with Gasteiger partial charge in [0.25, 0.3) is 0 Å². The van der Waals surface area contributed by atoms with E-state index < -0.39 is 0 Å². The Morgan fingerprint density at radius 1 is 1.16 bits per heavy atom. The molecule has 1 saturated heterocycles. The van der Waals surface area contributed by atoms with E-state index in [2.05, 4.69) is 39.8 Å². The number of nitrogens with one attached hydrogen (secondary N) is 2. The number of benzene rings is 1. The highest BCUT2D eigenvalue weighted by molar-refractivity contribution is 7.80. The van der Waals surface area contributed by atoms with Gasteiger partial charge < -0.3 is 20.3 Å². The van der Waals surface area contributed by atoms with Gasteiger partial charge in [-0.05, 0) is 49.7 Å². The highest BCUT2D eigenvalue weighted by Crippen LogP contribution is 2.29. The molecule has 1 fully saturated rings. The van der Waals surface area contributed by atoms with Crippen molar-refractivity contribution in [2.24, 2.45) is 0 Å². The largest absolute Gasteiger partial charge is 0.466 e. The molecule has 2 aliphatic rings. The van der Waals surface area contributed by atoms with Crippen molar-refractivity contribution < 1.29 is 9.53 Å². The summed E-state index contributed by atoms with van der Waals surface area (Å²) in [5, 5.41) is 6.71. The molecule has 0 amide bonds. The van der Waals surface area contributed by atoms with Gasteiger partial charge >= 0.3 is 5.97 Å². The molecule has 3 rings (SSSR count). The van der Waals surface area contributed by atoms with E-state index in [1.54, 1.807) is 0 Å². The Morgan fingerprint density at radius 2 is 1.80 bits per heavy atom. The Hall–Kier alpha value is -2.08. The fourth-order valence-electron chi connectivity index (χ4n) is 3.53. The molecular weight excluding hydrogens is 334 g/mol. The predicted molar refractivity (Wildman–Crippen MR) is 103 cm³/mol. The van der Waals surface area contributed by atoms with Gasteiger partial charge in [-0.3, -0.25) is 0 Å². The zero-order valence-electron chi connectivity index (χ0n) is 14.8. The number of carbonyl (C=O) groups excluding carboxylic acids is 1. The minimum absolute atomic E-state index is 0.292. The third-order valence-electron chi connectivity index (χ3n) is 4.87. The van der Waals surface area contributed by atoms with E-state index in [9.17, 15) is 4.79 Å². The van der Waals surface area contributed by atoms with Gasteiger partial charge in [0, 0.05) is 24.5 Å². The van der Waals surface area contributed by atoms with Crippen LogP contribution in [0.2, 0.25) is 0 Å². The van der Waals surface area contributed by atoms with Crippen LogP contribution in [0.3, 0.4) is 0 Å². The Morgan fingerprint density at radius 3 is 2.40 bits per heavy atom. The fraction of sp³-hybridized carbons (Fsp3) is 0.474. The summed E-state index contributed by atoms with van der Waals surface area (Å²) in [7, 11) is 1.40. The first-order chi connectivity index (χ1) is 12.1. The van der Waals surface area contributed by atoms with Gasteiger partial charge in [0.15, 0.2) is 5.11 Å². The number of methoxy groups -OCH3 is 1. The third kappa shape index (κ3) is 3.95. The molecule has 2 heterocycles. The number of hydrogen-bond donors (Lipinski definition) is 2. The Labute approximate surface area is 154 Å². The zero-order chi connectivity index (χ0) is 17.8.